The highest BCUT2D eigenvalue weighted by molar-refractivity contribution is 7.89. The Morgan fingerprint density at radius 2 is 1.63 bits per heavy atom. The first-order chi connectivity index (χ1) is 14.3. The number of likely N-dealkylation sites (tertiary alicyclic amines) is 1. The maximum atomic E-state index is 13.2. The molecule has 168 valence electrons. The molecule has 1 aromatic heterocycles. The van der Waals surface area contributed by atoms with E-state index in [-0.39, 0.29) is 35.0 Å². The molecule has 0 bridgehead atoms. The molecule has 2 heterocycles. The Morgan fingerprint density at radius 1 is 1.03 bits per heavy atom. The molecule has 8 nitrogen and oxygen atoms in total. The van der Waals surface area contributed by atoms with Gasteiger partial charge in [-0.1, -0.05) is 20.8 Å². The van der Waals surface area contributed by atoms with Gasteiger partial charge in [-0.2, -0.15) is 4.31 Å². The molecule has 0 radical (unpaired) electrons. The van der Waals surface area contributed by atoms with Crippen LogP contribution in [0.25, 0.3) is 0 Å². The molecule has 0 aromatic carbocycles. The highest BCUT2D eigenvalue weighted by Crippen LogP contribution is 2.32. The summed E-state index contributed by atoms with van der Waals surface area (Å²) in [6, 6.07) is 3.03. The zero-order valence-corrected chi connectivity index (χ0v) is 19.1. The minimum Gasteiger partial charge on any atom is -0.335 e. The number of hydrogen-bond donors (Lipinski definition) is 0. The van der Waals surface area contributed by atoms with E-state index in [2.05, 4.69) is 11.8 Å². The molecule has 0 unspecified atom stereocenters. The number of carbonyl (C=O) groups excluding carboxylic acids is 1. The van der Waals surface area contributed by atoms with E-state index >= 15 is 0 Å². The van der Waals surface area contributed by atoms with Crippen molar-refractivity contribution in [3.63, 3.8) is 0 Å². The van der Waals surface area contributed by atoms with Crippen LogP contribution in [-0.2, 0) is 21.4 Å². The van der Waals surface area contributed by atoms with Gasteiger partial charge in [0.1, 0.15) is 6.54 Å². The summed E-state index contributed by atoms with van der Waals surface area (Å²) in [6.07, 6.45) is 5.22. The zero-order chi connectivity index (χ0) is 21.9. The van der Waals surface area contributed by atoms with Crippen LogP contribution in [0.1, 0.15) is 46.5 Å². The number of pyridine rings is 1. The van der Waals surface area contributed by atoms with Gasteiger partial charge in [0.25, 0.3) is 5.56 Å². The molecule has 1 saturated carbocycles. The van der Waals surface area contributed by atoms with Crippen molar-refractivity contribution in [2.45, 2.75) is 70.0 Å². The molecule has 0 atom stereocenters. The van der Waals surface area contributed by atoms with Gasteiger partial charge in [0.15, 0.2) is 0 Å². The molecule has 3 rings (SSSR count). The van der Waals surface area contributed by atoms with Crippen LogP contribution in [0.15, 0.2) is 28.0 Å². The molecular formula is C21H34N4O4S. The number of amides is 1. The van der Waals surface area contributed by atoms with Crippen molar-refractivity contribution in [3.8, 4) is 0 Å². The summed E-state index contributed by atoms with van der Waals surface area (Å²) in [5, 5.41) is 0. The Kier molecular flexibility index (Phi) is 7.36. The van der Waals surface area contributed by atoms with Gasteiger partial charge in [0.2, 0.25) is 15.9 Å². The van der Waals surface area contributed by atoms with Gasteiger partial charge in [-0.15, -0.1) is 0 Å². The largest absolute Gasteiger partial charge is 0.335 e. The Hall–Kier alpha value is -1.71. The zero-order valence-electron chi connectivity index (χ0n) is 18.3. The van der Waals surface area contributed by atoms with Crippen molar-refractivity contribution >= 4 is 15.9 Å². The first-order valence-corrected chi connectivity index (χ1v) is 12.5. The second-order valence-corrected chi connectivity index (χ2v) is 10.1. The highest BCUT2D eigenvalue weighted by atomic mass is 32.2. The number of rotatable bonds is 9. The van der Waals surface area contributed by atoms with Crippen molar-refractivity contribution in [1.82, 2.24) is 18.7 Å². The van der Waals surface area contributed by atoms with Gasteiger partial charge in [-0.25, -0.2) is 8.42 Å². The van der Waals surface area contributed by atoms with E-state index in [1.165, 1.54) is 27.2 Å². The van der Waals surface area contributed by atoms with Crippen molar-refractivity contribution in [3.05, 3.63) is 28.7 Å². The lowest BCUT2D eigenvalue weighted by molar-refractivity contribution is -0.136. The standard InChI is InChI=1S/C21H34N4O4S/c1-4-22-13-11-18(12-14-22)25(17-7-8-17)21(27)16-23-15-19(9-10-20(23)26)30(28,29)24(5-2)6-3/h9-10,15,17-18H,4-8,11-14,16H2,1-3H3. The lowest BCUT2D eigenvalue weighted by Crippen LogP contribution is -2.49. The lowest BCUT2D eigenvalue weighted by atomic mass is 10.0. The Labute approximate surface area is 179 Å². The van der Waals surface area contributed by atoms with Crippen LogP contribution in [0.2, 0.25) is 0 Å². The predicted molar refractivity (Wildman–Crippen MR) is 116 cm³/mol. The molecular weight excluding hydrogens is 404 g/mol. The average Bonchev–Trinajstić information content (AvgIpc) is 3.56. The molecule has 0 N–H and O–H groups in total. The summed E-state index contributed by atoms with van der Waals surface area (Å²) in [7, 11) is -3.69. The van der Waals surface area contributed by atoms with Crippen LogP contribution < -0.4 is 5.56 Å². The van der Waals surface area contributed by atoms with Crippen LogP contribution in [0.4, 0.5) is 0 Å². The number of hydrogen-bond acceptors (Lipinski definition) is 5. The third-order valence-corrected chi connectivity index (χ3v) is 8.26. The molecule has 2 fully saturated rings. The normalized spacial score (nSPS) is 18.7. The summed E-state index contributed by atoms with van der Waals surface area (Å²) in [4.78, 5) is 30.0. The summed E-state index contributed by atoms with van der Waals surface area (Å²) in [5.74, 6) is -0.0908. The smallest absolute Gasteiger partial charge is 0.251 e. The second kappa shape index (κ2) is 9.62. The molecule has 1 amide bonds. The van der Waals surface area contributed by atoms with Gasteiger partial charge < -0.3 is 14.4 Å². The number of carbonyl (C=O) groups is 1. The molecule has 1 saturated heterocycles. The van der Waals surface area contributed by atoms with Crippen molar-refractivity contribution < 1.29 is 13.2 Å². The van der Waals surface area contributed by atoms with E-state index in [9.17, 15) is 18.0 Å². The van der Waals surface area contributed by atoms with Gasteiger partial charge in [-0.05, 0) is 38.3 Å². The van der Waals surface area contributed by atoms with E-state index in [1.807, 2.05) is 4.90 Å². The quantitative estimate of drug-likeness (QED) is 0.581. The van der Waals surface area contributed by atoms with Crippen LogP contribution >= 0.6 is 0 Å². The molecule has 30 heavy (non-hydrogen) atoms. The predicted octanol–water partition coefficient (Wildman–Crippen LogP) is 1.35. The van der Waals surface area contributed by atoms with Crippen LogP contribution in [0.3, 0.4) is 0 Å². The molecule has 1 aromatic rings. The van der Waals surface area contributed by atoms with E-state index in [0.717, 1.165) is 45.3 Å². The Bertz CT molecular complexity index is 898. The number of piperidine rings is 1. The van der Waals surface area contributed by atoms with Gasteiger partial charge in [-0.3, -0.25) is 9.59 Å². The first-order valence-electron chi connectivity index (χ1n) is 11.1. The van der Waals surface area contributed by atoms with Crippen molar-refractivity contribution in [2.24, 2.45) is 0 Å². The Balaban J connectivity index is 1.79. The third kappa shape index (κ3) is 4.95. The van der Waals surface area contributed by atoms with E-state index in [1.54, 1.807) is 13.8 Å². The molecule has 2 aliphatic rings. The fourth-order valence-corrected chi connectivity index (χ4v) is 5.78. The maximum Gasteiger partial charge on any atom is 0.251 e. The SMILES string of the molecule is CCN1CCC(N(C(=O)Cn2cc(S(=O)(=O)N(CC)CC)ccc2=O)C2CC2)CC1. The van der Waals surface area contributed by atoms with E-state index < -0.39 is 10.0 Å². The van der Waals surface area contributed by atoms with Gasteiger partial charge in [0.05, 0.1) is 4.90 Å². The fraction of sp³-hybridized carbons (Fsp3) is 0.714. The lowest BCUT2D eigenvalue weighted by Gasteiger charge is -2.38. The summed E-state index contributed by atoms with van der Waals surface area (Å²) < 4.78 is 28.2. The monoisotopic (exact) mass is 438 g/mol. The first kappa shape index (κ1) is 23.0. The molecule has 1 aliphatic carbocycles. The van der Waals surface area contributed by atoms with Crippen LogP contribution in [0, 0.1) is 0 Å². The number of nitrogens with zero attached hydrogens (tertiary/aromatic N) is 4. The van der Waals surface area contributed by atoms with Gasteiger partial charge >= 0.3 is 0 Å². The number of sulfonamides is 1. The fourth-order valence-electron chi connectivity index (χ4n) is 4.30. The van der Waals surface area contributed by atoms with Crippen LogP contribution in [-0.4, -0.2) is 77.8 Å². The third-order valence-electron chi connectivity index (χ3n) is 6.23. The number of aromatic nitrogens is 1. The summed E-state index contributed by atoms with van der Waals surface area (Å²) in [5.41, 5.74) is -0.363. The van der Waals surface area contributed by atoms with E-state index in [0.29, 0.717) is 13.1 Å². The van der Waals surface area contributed by atoms with Gasteiger partial charge in [0, 0.05) is 50.5 Å². The average molecular weight is 439 g/mol. The second-order valence-electron chi connectivity index (χ2n) is 8.12. The van der Waals surface area contributed by atoms with Crippen LogP contribution in [0.5, 0.6) is 0 Å². The van der Waals surface area contributed by atoms with E-state index in [4.69, 9.17) is 0 Å². The van der Waals surface area contributed by atoms with Crippen molar-refractivity contribution in [2.75, 3.05) is 32.7 Å². The maximum absolute atomic E-state index is 13.2. The summed E-state index contributed by atoms with van der Waals surface area (Å²) >= 11 is 0. The summed E-state index contributed by atoms with van der Waals surface area (Å²) in [6.45, 7) is 9.26. The minimum absolute atomic E-state index is 0.0489. The molecule has 1 aliphatic heterocycles. The Morgan fingerprint density at radius 3 is 2.17 bits per heavy atom. The molecule has 9 heteroatoms. The topological polar surface area (TPSA) is 82.9 Å². The van der Waals surface area contributed by atoms with Crippen molar-refractivity contribution in [1.29, 1.82) is 0 Å². The molecule has 0 spiro atoms. The highest BCUT2D eigenvalue weighted by Gasteiger charge is 2.38. The minimum atomic E-state index is -3.69.